The van der Waals surface area contributed by atoms with Gasteiger partial charge in [-0.3, -0.25) is 14.4 Å². The molecule has 5 N–H and O–H groups in total. The Kier molecular flexibility index (Phi) is 8.84. The third-order valence-corrected chi connectivity index (χ3v) is 4.76. The SMILES string of the molecule is CCC(CNc1ccc(C(=O)N[C@@H](CCC(=O)O)C(=O)O)cc1)=Nc1c(C)nc(C)[nH]c1=O. The number of nitrogens with one attached hydrogen (secondary N) is 3. The summed E-state index contributed by atoms with van der Waals surface area (Å²) >= 11 is 0. The summed E-state index contributed by atoms with van der Waals surface area (Å²) in [7, 11) is 0. The summed E-state index contributed by atoms with van der Waals surface area (Å²) in [6, 6.07) is 5.06. The Balaban J connectivity index is 2.03. The Morgan fingerprint density at radius 2 is 1.82 bits per heavy atom. The Bertz CT molecular complexity index is 1110. The number of aliphatic carboxylic acids is 2. The lowest BCUT2D eigenvalue weighted by molar-refractivity contribution is -0.140. The van der Waals surface area contributed by atoms with E-state index in [1.807, 2.05) is 6.92 Å². The van der Waals surface area contributed by atoms with Gasteiger partial charge < -0.3 is 25.8 Å². The van der Waals surface area contributed by atoms with Crippen molar-refractivity contribution in [2.45, 2.75) is 46.1 Å². The van der Waals surface area contributed by atoms with Crippen molar-refractivity contribution in [3.8, 4) is 0 Å². The number of carboxylic acid groups (broad SMARTS) is 2. The molecule has 1 aromatic heterocycles. The maximum absolute atomic E-state index is 12.3. The molecule has 33 heavy (non-hydrogen) atoms. The number of hydrogen-bond acceptors (Lipinski definition) is 7. The topological polar surface area (TPSA) is 174 Å². The minimum absolute atomic E-state index is 0.214. The molecule has 11 nitrogen and oxygen atoms in total. The molecule has 0 saturated heterocycles. The van der Waals surface area contributed by atoms with Crippen molar-refractivity contribution in [2.75, 3.05) is 11.9 Å². The van der Waals surface area contributed by atoms with E-state index in [4.69, 9.17) is 5.11 Å². The molecule has 1 aromatic carbocycles. The number of carboxylic acids is 2. The van der Waals surface area contributed by atoms with Gasteiger partial charge in [0, 0.05) is 23.4 Å². The highest BCUT2D eigenvalue weighted by atomic mass is 16.4. The fourth-order valence-corrected chi connectivity index (χ4v) is 2.96. The number of H-pyrrole nitrogens is 1. The van der Waals surface area contributed by atoms with Crippen molar-refractivity contribution in [1.82, 2.24) is 15.3 Å². The van der Waals surface area contributed by atoms with E-state index in [-0.39, 0.29) is 29.7 Å². The van der Waals surface area contributed by atoms with Gasteiger partial charge in [-0.25, -0.2) is 14.8 Å². The first-order valence-electron chi connectivity index (χ1n) is 10.3. The number of rotatable bonds is 11. The van der Waals surface area contributed by atoms with Crippen LogP contribution in [0.5, 0.6) is 0 Å². The zero-order valence-corrected chi connectivity index (χ0v) is 18.6. The summed E-state index contributed by atoms with van der Waals surface area (Å²) < 4.78 is 0. The normalized spacial score (nSPS) is 12.2. The third-order valence-electron chi connectivity index (χ3n) is 4.76. The molecule has 0 aliphatic carbocycles. The number of hydrogen-bond donors (Lipinski definition) is 5. The predicted octanol–water partition coefficient (Wildman–Crippen LogP) is 2.03. The number of benzene rings is 1. The second kappa shape index (κ2) is 11.6. The number of carbonyl (C=O) groups is 3. The number of aryl methyl sites for hydroxylation is 2. The van der Waals surface area contributed by atoms with E-state index in [1.165, 1.54) is 12.1 Å². The summed E-state index contributed by atoms with van der Waals surface area (Å²) in [4.78, 5) is 57.7. The molecule has 2 aromatic rings. The lowest BCUT2D eigenvalue weighted by Crippen LogP contribution is -2.41. The fraction of sp³-hybridized carbons (Fsp3) is 0.364. The maximum Gasteiger partial charge on any atom is 0.326 e. The van der Waals surface area contributed by atoms with Crippen LogP contribution in [0, 0.1) is 13.8 Å². The molecular weight excluding hydrogens is 430 g/mol. The Labute approximate surface area is 190 Å². The van der Waals surface area contributed by atoms with Gasteiger partial charge >= 0.3 is 11.9 Å². The Morgan fingerprint density at radius 1 is 1.15 bits per heavy atom. The number of aliphatic imine (C=N–C) groups is 1. The van der Waals surface area contributed by atoms with E-state index in [0.29, 0.717) is 30.2 Å². The molecule has 0 aliphatic rings. The van der Waals surface area contributed by atoms with Gasteiger partial charge in [-0.2, -0.15) is 0 Å². The van der Waals surface area contributed by atoms with E-state index in [2.05, 4.69) is 25.6 Å². The molecule has 1 amide bonds. The highest BCUT2D eigenvalue weighted by Crippen LogP contribution is 2.13. The summed E-state index contributed by atoms with van der Waals surface area (Å²) in [5.41, 5.74) is 2.17. The molecule has 0 bridgehead atoms. The van der Waals surface area contributed by atoms with Crippen molar-refractivity contribution in [1.29, 1.82) is 0 Å². The van der Waals surface area contributed by atoms with Crippen molar-refractivity contribution >= 4 is 34.9 Å². The van der Waals surface area contributed by atoms with Crippen LogP contribution in [-0.2, 0) is 9.59 Å². The molecule has 0 aliphatic heterocycles. The van der Waals surface area contributed by atoms with Gasteiger partial charge in [0.1, 0.15) is 17.6 Å². The zero-order valence-electron chi connectivity index (χ0n) is 18.6. The first-order chi connectivity index (χ1) is 15.6. The number of aromatic nitrogens is 2. The van der Waals surface area contributed by atoms with Crippen LogP contribution in [0.15, 0.2) is 34.1 Å². The molecule has 0 saturated carbocycles. The van der Waals surface area contributed by atoms with Gasteiger partial charge in [0.25, 0.3) is 11.5 Å². The Hall–Kier alpha value is -4.02. The van der Waals surface area contributed by atoms with E-state index >= 15 is 0 Å². The lowest BCUT2D eigenvalue weighted by Gasteiger charge is -2.14. The predicted molar refractivity (Wildman–Crippen MR) is 122 cm³/mol. The van der Waals surface area contributed by atoms with Gasteiger partial charge in [-0.05, 0) is 51.0 Å². The second-order valence-electron chi connectivity index (χ2n) is 7.34. The van der Waals surface area contributed by atoms with E-state index in [1.54, 1.807) is 26.0 Å². The Morgan fingerprint density at radius 3 is 2.36 bits per heavy atom. The van der Waals surface area contributed by atoms with E-state index < -0.39 is 23.9 Å². The molecule has 0 fully saturated rings. The number of amides is 1. The number of aromatic amines is 1. The summed E-state index contributed by atoms with van der Waals surface area (Å²) in [6.45, 7) is 5.71. The number of nitrogens with zero attached hydrogens (tertiary/aromatic N) is 2. The number of carbonyl (C=O) groups excluding carboxylic acids is 1. The van der Waals surface area contributed by atoms with Crippen LogP contribution in [0.1, 0.15) is 48.1 Å². The van der Waals surface area contributed by atoms with Gasteiger partial charge in [0.05, 0.1) is 12.2 Å². The van der Waals surface area contributed by atoms with Crippen molar-refractivity contribution in [2.24, 2.45) is 4.99 Å². The van der Waals surface area contributed by atoms with Gasteiger partial charge in [0.2, 0.25) is 0 Å². The minimum Gasteiger partial charge on any atom is -0.481 e. The molecule has 0 spiro atoms. The van der Waals surface area contributed by atoms with E-state index in [0.717, 1.165) is 5.71 Å². The summed E-state index contributed by atoms with van der Waals surface area (Å²) in [5.74, 6) is -2.53. The smallest absolute Gasteiger partial charge is 0.326 e. The quantitative estimate of drug-likeness (QED) is 0.319. The fourth-order valence-electron chi connectivity index (χ4n) is 2.96. The van der Waals surface area contributed by atoms with Crippen LogP contribution < -0.4 is 16.2 Å². The summed E-state index contributed by atoms with van der Waals surface area (Å²) in [6.07, 6.45) is 0.0205. The van der Waals surface area contributed by atoms with E-state index in [9.17, 15) is 24.3 Å². The maximum atomic E-state index is 12.3. The van der Waals surface area contributed by atoms with Gasteiger partial charge in [-0.15, -0.1) is 0 Å². The molecule has 1 atom stereocenters. The average Bonchev–Trinajstić information content (AvgIpc) is 2.75. The molecule has 176 valence electrons. The highest BCUT2D eigenvalue weighted by Gasteiger charge is 2.21. The summed E-state index contributed by atoms with van der Waals surface area (Å²) in [5, 5.41) is 23.4. The van der Waals surface area contributed by atoms with Gasteiger partial charge in [-0.1, -0.05) is 6.92 Å². The largest absolute Gasteiger partial charge is 0.481 e. The lowest BCUT2D eigenvalue weighted by atomic mass is 10.1. The highest BCUT2D eigenvalue weighted by molar-refractivity contribution is 5.97. The standard InChI is InChI=1S/C22H27N5O6/c1-4-15(26-19-12(2)24-13(3)25-21(19)31)11-23-16-7-5-14(6-8-16)20(30)27-17(22(32)33)9-10-18(28)29/h5-8,17,23H,4,9-11H2,1-3H3,(H,27,30)(H,28,29)(H,32,33)(H,24,25,31)/t17-/m0/s1. The minimum atomic E-state index is -1.30. The molecule has 0 unspecified atom stereocenters. The molecule has 0 radical (unpaired) electrons. The molecule has 1 heterocycles. The van der Waals surface area contributed by atoms with Crippen LogP contribution in [0.25, 0.3) is 0 Å². The molecule has 11 heteroatoms. The van der Waals surface area contributed by atoms with Crippen LogP contribution in [0.4, 0.5) is 11.4 Å². The van der Waals surface area contributed by atoms with Crippen LogP contribution in [0.3, 0.4) is 0 Å². The van der Waals surface area contributed by atoms with Crippen LogP contribution in [0.2, 0.25) is 0 Å². The van der Waals surface area contributed by atoms with Crippen LogP contribution in [-0.4, -0.2) is 56.3 Å². The second-order valence-corrected chi connectivity index (χ2v) is 7.34. The van der Waals surface area contributed by atoms with Crippen LogP contribution >= 0.6 is 0 Å². The van der Waals surface area contributed by atoms with Gasteiger partial charge in [0.15, 0.2) is 0 Å². The first-order valence-corrected chi connectivity index (χ1v) is 10.3. The third kappa shape index (κ3) is 7.56. The monoisotopic (exact) mass is 457 g/mol. The molecule has 2 rings (SSSR count). The van der Waals surface area contributed by atoms with Crippen molar-refractivity contribution < 1.29 is 24.6 Å². The van der Waals surface area contributed by atoms with Crippen molar-refractivity contribution in [3.05, 3.63) is 51.7 Å². The average molecular weight is 457 g/mol. The zero-order chi connectivity index (χ0) is 24.5. The number of anilines is 1. The molecular formula is C22H27N5O6. The van der Waals surface area contributed by atoms with Crippen molar-refractivity contribution in [3.63, 3.8) is 0 Å². The first kappa shape index (κ1) is 25.2.